The highest BCUT2D eigenvalue weighted by Crippen LogP contribution is 2.27. The molecule has 1 aromatic heterocycles. The van der Waals surface area contributed by atoms with Crippen molar-refractivity contribution >= 4 is 11.4 Å². The largest absolute Gasteiger partial charge is 0.391 e. The quantitative estimate of drug-likeness (QED) is 0.824. The van der Waals surface area contributed by atoms with Crippen molar-refractivity contribution in [1.82, 2.24) is 9.88 Å². The van der Waals surface area contributed by atoms with Crippen LogP contribution in [0.25, 0.3) is 0 Å². The van der Waals surface area contributed by atoms with Gasteiger partial charge in [0.25, 0.3) is 0 Å². The summed E-state index contributed by atoms with van der Waals surface area (Å²) in [6.45, 7) is 4.74. The number of aliphatic hydroxyl groups is 1. The van der Waals surface area contributed by atoms with Crippen LogP contribution in [0.2, 0.25) is 0 Å². The normalized spacial score (nSPS) is 22.6. The molecule has 0 aromatic carbocycles. The van der Waals surface area contributed by atoms with E-state index in [1.165, 1.54) is 0 Å². The maximum Gasteiger partial charge on any atom is 0.0735 e. The van der Waals surface area contributed by atoms with Crippen LogP contribution in [-0.2, 0) is 0 Å². The van der Waals surface area contributed by atoms with Crippen LogP contribution in [0.4, 0.5) is 11.4 Å². The Hall–Kier alpha value is -1.33. The Balaban J connectivity index is 2.11. The standard InChI is InChI=1S/C15H26N4O/c1-4-5-17-12-6-13(9-16-8-12)19-11-15(20)7-14(19)10-18(2)3/h6,8-9,14-15,17,20H,4-5,7,10-11H2,1-3H3. The molecule has 0 aliphatic carbocycles. The van der Waals surface area contributed by atoms with E-state index >= 15 is 0 Å². The number of hydrogen-bond donors (Lipinski definition) is 2. The lowest BCUT2D eigenvalue weighted by Crippen LogP contribution is -2.37. The molecule has 0 saturated carbocycles. The highest BCUT2D eigenvalue weighted by molar-refractivity contribution is 5.57. The Morgan fingerprint density at radius 3 is 2.95 bits per heavy atom. The van der Waals surface area contributed by atoms with E-state index in [2.05, 4.69) is 47.2 Å². The average Bonchev–Trinajstić information content (AvgIpc) is 2.76. The number of likely N-dealkylation sites (N-methyl/N-ethyl adjacent to an activating group) is 1. The number of pyridine rings is 1. The lowest BCUT2D eigenvalue weighted by atomic mass is 10.2. The average molecular weight is 278 g/mol. The molecule has 0 amide bonds. The summed E-state index contributed by atoms with van der Waals surface area (Å²) in [6.07, 6.45) is 5.41. The van der Waals surface area contributed by atoms with Gasteiger partial charge in [0.1, 0.15) is 0 Å². The highest BCUT2D eigenvalue weighted by Gasteiger charge is 2.31. The molecule has 1 fully saturated rings. The van der Waals surface area contributed by atoms with Crippen molar-refractivity contribution in [2.45, 2.75) is 31.9 Å². The van der Waals surface area contributed by atoms with E-state index in [4.69, 9.17) is 0 Å². The van der Waals surface area contributed by atoms with Gasteiger partial charge in [0.15, 0.2) is 0 Å². The summed E-state index contributed by atoms with van der Waals surface area (Å²) in [4.78, 5) is 8.76. The second kappa shape index (κ2) is 6.90. The van der Waals surface area contributed by atoms with Crippen LogP contribution < -0.4 is 10.2 Å². The number of aromatic nitrogens is 1. The third-order valence-corrected chi connectivity index (χ3v) is 3.60. The van der Waals surface area contributed by atoms with Crippen molar-refractivity contribution in [3.63, 3.8) is 0 Å². The third kappa shape index (κ3) is 3.84. The Bertz CT molecular complexity index is 424. The minimum Gasteiger partial charge on any atom is -0.391 e. The molecule has 1 saturated heterocycles. The van der Waals surface area contributed by atoms with Crippen LogP contribution in [0.15, 0.2) is 18.5 Å². The fraction of sp³-hybridized carbons (Fsp3) is 0.667. The van der Waals surface area contributed by atoms with E-state index in [0.29, 0.717) is 12.6 Å². The smallest absolute Gasteiger partial charge is 0.0735 e. The molecule has 2 rings (SSSR count). The zero-order chi connectivity index (χ0) is 14.5. The number of β-amino-alcohol motifs (C(OH)–C–C–N with tert-alkyl or cyclic N) is 1. The summed E-state index contributed by atoms with van der Waals surface area (Å²) < 4.78 is 0. The molecule has 0 bridgehead atoms. The summed E-state index contributed by atoms with van der Waals surface area (Å²) in [5.74, 6) is 0. The fourth-order valence-electron chi connectivity index (χ4n) is 2.75. The van der Waals surface area contributed by atoms with E-state index in [1.54, 1.807) is 0 Å². The van der Waals surface area contributed by atoms with Crippen molar-refractivity contribution in [2.24, 2.45) is 0 Å². The van der Waals surface area contributed by atoms with Gasteiger partial charge in [0, 0.05) is 25.7 Å². The molecule has 0 radical (unpaired) electrons. The second-order valence-corrected chi connectivity index (χ2v) is 5.82. The maximum absolute atomic E-state index is 9.96. The highest BCUT2D eigenvalue weighted by atomic mass is 16.3. The predicted octanol–water partition coefficient (Wildman–Crippen LogP) is 1.40. The minimum atomic E-state index is -0.243. The summed E-state index contributed by atoms with van der Waals surface area (Å²) in [5, 5.41) is 13.3. The summed E-state index contributed by atoms with van der Waals surface area (Å²) in [6, 6.07) is 2.48. The van der Waals surface area contributed by atoms with Crippen molar-refractivity contribution in [1.29, 1.82) is 0 Å². The van der Waals surface area contributed by atoms with Crippen LogP contribution >= 0.6 is 0 Å². The number of hydrogen-bond acceptors (Lipinski definition) is 5. The van der Waals surface area contributed by atoms with Crippen LogP contribution in [0.1, 0.15) is 19.8 Å². The number of nitrogens with one attached hydrogen (secondary N) is 1. The van der Waals surface area contributed by atoms with Gasteiger partial charge in [-0.3, -0.25) is 4.98 Å². The van der Waals surface area contributed by atoms with Crippen molar-refractivity contribution < 1.29 is 5.11 Å². The van der Waals surface area contributed by atoms with E-state index in [-0.39, 0.29) is 6.10 Å². The minimum absolute atomic E-state index is 0.243. The van der Waals surface area contributed by atoms with Gasteiger partial charge in [0.2, 0.25) is 0 Å². The first-order valence-electron chi connectivity index (χ1n) is 7.38. The van der Waals surface area contributed by atoms with Gasteiger partial charge >= 0.3 is 0 Å². The van der Waals surface area contributed by atoms with E-state index in [9.17, 15) is 5.11 Å². The lowest BCUT2D eigenvalue weighted by molar-refractivity contribution is 0.191. The molecule has 1 aliphatic heterocycles. The number of anilines is 2. The fourth-order valence-corrected chi connectivity index (χ4v) is 2.75. The number of rotatable bonds is 6. The molecule has 5 nitrogen and oxygen atoms in total. The summed E-state index contributed by atoms with van der Waals surface area (Å²) >= 11 is 0. The molecule has 5 heteroatoms. The third-order valence-electron chi connectivity index (χ3n) is 3.60. The van der Waals surface area contributed by atoms with Crippen molar-refractivity contribution in [2.75, 3.05) is 43.9 Å². The molecule has 2 atom stereocenters. The molecule has 1 aliphatic rings. The van der Waals surface area contributed by atoms with E-state index < -0.39 is 0 Å². The van der Waals surface area contributed by atoms with Gasteiger partial charge in [-0.2, -0.15) is 0 Å². The first-order chi connectivity index (χ1) is 9.60. The Morgan fingerprint density at radius 1 is 1.45 bits per heavy atom. The van der Waals surface area contributed by atoms with Crippen LogP contribution in [0, 0.1) is 0 Å². The predicted molar refractivity (Wildman–Crippen MR) is 83.3 cm³/mol. The zero-order valence-electron chi connectivity index (χ0n) is 12.7. The molecule has 1 aromatic rings. The van der Waals surface area contributed by atoms with Crippen molar-refractivity contribution in [3.8, 4) is 0 Å². The summed E-state index contributed by atoms with van der Waals surface area (Å²) in [7, 11) is 4.14. The molecular formula is C15H26N4O. The second-order valence-electron chi connectivity index (χ2n) is 5.82. The van der Waals surface area contributed by atoms with Crippen molar-refractivity contribution in [3.05, 3.63) is 18.5 Å². The van der Waals surface area contributed by atoms with E-state index in [0.717, 1.165) is 37.3 Å². The topological polar surface area (TPSA) is 51.6 Å². The first-order valence-corrected chi connectivity index (χ1v) is 7.38. The zero-order valence-corrected chi connectivity index (χ0v) is 12.7. The maximum atomic E-state index is 9.96. The first kappa shape index (κ1) is 15.1. The molecule has 20 heavy (non-hydrogen) atoms. The van der Waals surface area contributed by atoms with Gasteiger partial charge in [-0.25, -0.2) is 0 Å². The van der Waals surface area contributed by atoms with Crippen LogP contribution in [-0.4, -0.2) is 60.9 Å². The van der Waals surface area contributed by atoms with E-state index in [1.807, 2.05) is 12.4 Å². The van der Waals surface area contributed by atoms with Gasteiger partial charge < -0.3 is 20.2 Å². The molecular weight excluding hydrogens is 252 g/mol. The molecule has 2 N–H and O–H groups in total. The molecule has 112 valence electrons. The molecule has 2 unspecified atom stereocenters. The van der Waals surface area contributed by atoms with Gasteiger partial charge in [0.05, 0.1) is 29.9 Å². The monoisotopic (exact) mass is 278 g/mol. The van der Waals surface area contributed by atoms with Gasteiger partial charge in [-0.1, -0.05) is 6.92 Å². The Kier molecular flexibility index (Phi) is 5.20. The Labute approximate surface area is 121 Å². The van der Waals surface area contributed by atoms with Gasteiger partial charge in [-0.05, 0) is 33.0 Å². The van der Waals surface area contributed by atoms with Gasteiger partial charge in [-0.15, -0.1) is 0 Å². The van der Waals surface area contributed by atoms with Crippen LogP contribution in [0.5, 0.6) is 0 Å². The van der Waals surface area contributed by atoms with Crippen LogP contribution in [0.3, 0.4) is 0 Å². The Morgan fingerprint density at radius 2 is 2.25 bits per heavy atom. The summed E-state index contributed by atoms with van der Waals surface area (Å²) in [5.41, 5.74) is 2.14. The number of nitrogens with zero attached hydrogens (tertiary/aromatic N) is 3. The SMILES string of the molecule is CCCNc1cncc(N2CC(O)CC2CN(C)C)c1. The number of aliphatic hydroxyl groups excluding tert-OH is 1. The lowest BCUT2D eigenvalue weighted by Gasteiger charge is -2.28. The molecule has 2 heterocycles. The molecule has 0 spiro atoms.